The van der Waals surface area contributed by atoms with Crippen LogP contribution < -0.4 is 5.73 Å². The van der Waals surface area contributed by atoms with Crippen LogP contribution in [0.15, 0.2) is 24.3 Å². The molecule has 1 aliphatic heterocycles. The van der Waals surface area contributed by atoms with Crippen molar-refractivity contribution in [3.63, 3.8) is 0 Å². The highest BCUT2D eigenvalue weighted by Crippen LogP contribution is 2.22. The molecule has 0 aliphatic carbocycles. The van der Waals surface area contributed by atoms with Crippen molar-refractivity contribution in [2.75, 3.05) is 27.3 Å². The van der Waals surface area contributed by atoms with Crippen LogP contribution >= 0.6 is 0 Å². The van der Waals surface area contributed by atoms with Crippen LogP contribution in [0.4, 0.5) is 0 Å². The van der Waals surface area contributed by atoms with Crippen LogP contribution in [0.3, 0.4) is 0 Å². The topological polar surface area (TPSA) is 81.9 Å². The molecule has 1 heterocycles. The summed E-state index contributed by atoms with van der Waals surface area (Å²) in [5.74, 6) is -0.0484. The third kappa shape index (κ3) is 3.61. The molecular formula is C14H22N2O4S. The minimum atomic E-state index is -3.41. The Morgan fingerprint density at radius 3 is 2.14 bits per heavy atom. The number of hydrogen-bond acceptors (Lipinski definition) is 5. The third-order valence-electron chi connectivity index (χ3n) is 3.86. The fourth-order valence-corrected chi connectivity index (χ4v) is 4.18. The summed E-state index contributed by atoms with van der Waals surface area (Å²) in [7, 11) is -0.282. The molecular weight excluding hydrogens is 292 g/mol. The number of ether oxygens (including phenoxy) is 2. The first-order chi connectivity index (χ1) is 10.0. The number of nitrogens with zero attached hydrogens (tertiary/aromatic N) is 1. The Bertz CT molecular complexity index is 564. The van der Waals surface area contributed by atoms with Crippen LogP contribution in [-0.2, 0) is 31.8 Å². The Kier molecular flexibility index (Phi) is 5.34. The van der Waals surface area contributed by atoms with Gasteiger partial charge in [-0.2, -0.15) is 4.31 Å². The van der Waals surface area contributed by atoms with E-state index < -0.39 is 10.0 Å². The van der Waals surface area contributed by atoms with Gasteiger partial charge in [0.05, 0.1) is 18.0 Å². The number of sulfonamides is 1. The SMILES string of the molecule is COC1CN(S(=O)(=O)Cc2ccccc2CN)CC1OC. The van der Waals surface area contributed by atoms with Crippen molar-refractivity contribution in [1.82, 2.24) is 4.31 Å². The summed E-state index contributed by atoms with van der Waals surface area (Å²) in [5.41, 5.74) is 7.26. The molecule has 0 amide bonds. The van der Waals surface area contributed by atoms with E-state index in [2.05, 4.69) is 0 Å². The Morgan fingerprint density at radius 2 is 1.67 bits per heavy atom. The van der Waals surface area contributed by atoms with Gasteiger partial charge in [-0.3, -0.25) is 0 Å². The standard InChI is InChI=1S/C14H22N2O4S/c1-19-13-8-16(9-14(13)20-2)21(17,18)10-12-6-4-3-5-11(12)7-15/h3-6,13-14H,7-10,15H2,1-2H3. The van der Waals surface area contributed by atoms with Gasteiger partial charge in [-0.15, -0.1) is 0 Å². The molecule has 0 spiro atoms. The molecule has 1 saturated heterocycles. The van der Waals surface area contributed by atoms with Gasteiger partial charge < -0.3 is 15.2 Å². The van der Waals surface area contributed by atoms with Crippen LogP contribution in [0.5, 0.6) is 0 Å². The zero-order chi connectivity index (χ0) is 15.5. The summed E-state index contributed by atoms with van der Waals surface area (Å²) >= 11 is 0. The van der Waals surface area contributed by atoms with Crippen molar-refractivity contribution < 1.29 is 17.9 Å². The second-order valence-electron chi connectivity index (χ2n) is 5.09. The van der Waals surface area contributed by atoms with E-state index in [1.54, 1.807) is 20.3 Å². The third-order valence-corrected chi connectivity index (χ3v) is 5.62. The molecule has 0 radical (unpaired) electrons. The van der Waals surface area contributed by atoms with E-state index in [1.165, 1.54) is 4.31 Å². The van der Waals surface area contributed by atoms with E-state index in [9.17, 15) is 8.42 Å². The van der Waals surface area contributed by atoms with Crippen molar-refractivity contribution in [2.45, 2.75) is 24.5 Å². The highest BCUT2D eigenvalue weighted by Gasteiger charge is 2.39. The van der Waals surface area contributed by atoms with Crippen molar-refractivity contribution in [3.8, 4) is 0 Å². The molecule has 2 unspecified atom stereocenters. The number of rotatable bonds is 6. The Morgan fingerprint density at radius 1 is 1.14 bits per heavy atom. The van der Waals surface area contributed by atoms with Crippen LogP contribution in [0.25, 0.3) is 0 Å². The summed E-state index contributed by atoms with van der Waals surface area (Å²) in [6.45, 7) is 0.970. The summed E-state index contributed by atoms with van der Waals surface area (Å²) in [5, 5.41) is 0. The van der Waals surface area contributed by atoms with Crippen LogP contribution in [0.2, 0.25) is 0 Å². The average molecular weight is 314 g/mol. The highest BCUT2D eigenvalue weighted by molar-refractivity contribution is 7.88. The lowest BCUT2D eigenvalue weighted by molar-refractivity contribution is -0.00461. The Balaban J connectivity index is 2.16. The maximum absolute atomic E-state index is 12.6. The van der Waals surface area contributed by atoms with E-state index in [0.717, 1.165) is 11.1 Å². The van der Waals surface area contributed by atoms with Gasteiger partial charge in [-0.25, -0.2) is 8.42 Å². The van der Waals surface area contributed by atoms with E-state index in [1.807, 2.05) is 18.2 Å². The second-order valence-corrected chi connectivity index (χ2v) is 7.06. The Labute approximate surface area is 125 Å². The molecule has 2 N–H and O–H groups in total. The maximum atomic E-state index is 12.6. The van der Waals surface area contributed by atoms with Crippen molar-refractivity contribution in [2.24, 2.45) is 5.73 Å². The van der Waals surface area contributed by atoms with E-state index in [-0.39, 0.29) is 18.0 Å². The highest BCUT2D eigenvalue weighted by atomic mass is 32.2. The molecule has 1 aromatic rings. The van der Waals surface area contributed by atoms with Crippen LogP contribution in [0.1, 0.15) is 11.1 Å². The van der Waals surface area contributed by atoms with E-state index >= 15 is 0 Å². The predicted octanol–water partition coefficient (Wildman–Crippen LogP) is 0.321. The zero-order valence-electron chi connectivity index (χ0n) is 12.4. The fraction of sp³-hybridized carbons (Fsp3) is 0.571. The molecule has 2 rings (SSSR count). The number of hydrogen-bond donors (Lipinski definition) is 1. The lowest BCUT2D eigenvalue weighted by Crippen LogP contribution is -2.31. The molecule has 0 bridgehead atoms. The minimum Gasteiger partial charge on any atom is -0.377 e. The number of benzene rings is 1. The second kappa shape index (κ2) is 6.85. The summed E-state index contributed by atoms with van der Waals surface area (Å²) in [6.07, 6.45) is -0.455. The monoisotopic (exact) mass is 314 g/mol. The predicted molar refractivity (Wildman–Crippen MR) is 80.1 cm³/mol. The van der Waals surface area contributed by atoms with E-state index in [0.29, 0.717) is 19.6 Å². The molecule has 0 saturated carbocycles. The first kappa shape index (κ1) is 16.4. The summed E-state index contributed by atoms with van der Waals surface area (Å²) in [4.78, 5) is 0. The number of nitrogens with two attached hydrogens (primary N) is 1. The molecule has 21 heavy (non-hydrogen) atoms. The van der Waals surface area contributed by atoms with E-state index in [4.69, 9.17) is 15.2 Å². The molecule has 2 atom stereocenters. The quantitative estimate of drug-likeness (QED) is 0.818. The fourth-order valence-electron chi connectivity index (χ4n) is 2.58. The first-order valence-corrected chi connectivity index (χ1v) is 8.43. The normalized spacial score (nSPS) is 23.6. The lowest BCUT2D eigenvalue weighted by atomic mass is 10.1. The van der Waals surface area contributed by atoms with Gasteiger partial charge >= 0.3 is 0 Å². The molecule has 1 aliphatic rings. The van der Waals surface area contributed by atoms with Crippen LogP contribution in [0, 0.1) is 0 Å². The average Bonchev–Trinajstić information content (AvgIpc) is 2.91. The maximum Gasteiger partial charge on any atom is 0.218 e. The van der Waals surface area contributed by atoms with Gasteiger partial charge in [-0.05, 0) is 11.1 Å². The molecule has 6 nitrogen and oxygen atoms in total. The van der Waals surface area contributed by atoms with Crippen molar-refractivity contribution in [1.29, 1.82) is 0 Å². The lowest BCUT2D eigenvalue weighted by Gasteiger charge is -2.17. The summed E-state index contributed by atoms with van der Waals surface area (Å²) in [6, 6.07) is 7.34. The molecule has 7 heteroatoms. The van der Waals surface area contributed by atoms with Gasteiger partial charge in [0.1, 0.15) is 0 Å². The Hall–Kier alpha value is -0.990. The van der Waals surface area contributed by atoms with Gasteiger partial charge in [-0.1, -0.05) is 24.3 Å². The molecule has 1 fully saturated rings. The van der Waals surface area contributed by atoms with Gasteiger partial charge in [0.15, 0.2) is 0 Å². The minimum absolute atomic E-state index is 0.0484. The molecule has 1 aromatic carbocycles. The van der Waals surface area contributed by atoms with Gasteiger partial charge in [0, 0.05) is 33.9 Å². The van der Waals surface area contributed by atoms with Crippen molar-refractivity contribution in [3.05, 3.63) is 35.4 Å². The molecule has 118 valence electrons. The number of methoxy groups -OCH3 is 2. The summed E-state index contributed by atoms with van der Waals surface area (Å²) < 4.78 is 37.1. The smallest absolute Gasteiger partial charge is 0.218 e. The zero-order valence-corrected chi connectivity index (χ0v) is 13.2. The van der Waals surface area contributed by atoms with Gasteiger partial charge in [0.2, 0.25) is 10.0 Å². The molecule has 0 aromatic heterocycles. The first-order valence-electron chi connectivity index (χ1n) is 6.82. The van der Waals surface area contributed by atoms with Crippen LogP contribution in [-0.4, -0.2) is 52.2 Å². The van der Waals surface area contributed by atoms with Crippen molar-refractivity contribution >= 4 is 10.0 Å². The largest absolute Gasteiger partial charge is 0.377 e. The van der Waals surface area contributed by atoms with Gasteiger partial charge in [0.25, 0.3) is 0 Å².